The summed E-state index contributed by atoms with van der Waals surface area (Å²) in [5.74, 6) is 0.255. The first kappa shape index (κ1) is 25.0. The van der Waals surface area contributed by atoms with Gasteiger partial charge in [-0.1, -0.05) is 71.9 Å². The average Bonchev–Trinajstić information content (AvgIpc) is 3.01. The van der Waals surface area contributed by atoms with E-state index < -0.39 is 0 Å². The zero-order valence-electron chi connectivity index (χ0n) is 20.6. The number of ketones is 1. The lowest BCUT2D eigenvalue weighted by molar-refractivity contribution is 0.0970. The monoisotopic (exact) mass is 511 g/mol. The molecule has 3 aromatic rings. The van der Waals surface area contributed by atoms with Crippen LogP contribution in [0.25, 0.3) is 0 Å². The van der Waals surface area contributed by atoms with E-state index in [0.717, 1.165) is 22.4 Å². The number of aromatic nitrogens is 2. The maximum Gasteiger partial charge on any atom is 0.217 e. The van der Waals surface area contributed by atoms with Crippen molar-refractivity contribution in [3.63, 3.8) is 0 Å². The first-order valence-electron chi connectivity index (χ1n) is 11.2. The third-order valence-electron chi connectivity index (χ3n) is 5.89. The number of carbonyl (C=O) groups excluding carboxylic acids is 1. The Morgan fingerprint density at radius 1 is 1.00 bits per heavy atom. The molecule has 1 N–H and O–H groups in total. The van der Waals surface area contributed by atoms with Gasteiger partial charge in [-0.05, 0) is 35.4 Å². The Hall–Kier alpha value is -2.60. The molecule has 6 heteroatoms. The van der Waals surface area contributed by atoms with E-state index in [2.05, 4.69) is 36.9 Å². The molecular formula is C27H34BrN3O2. The molecule has 0 atom stereocenters. The summed E-state index contributed by atoms with van der Waals surface area (Å²) in [7, 11) is 0. The fraction of sp³-hybridized carbons (Fsp3) is 0.407. The normalized spacial score (nSPS) is 12.9. The molecule has 3 rings (SSSR count). The number of aryl methyl sites for hydroxylation is 1. The van der Waals surface area contributed by atoms with E-state index in [0.29, 0.717) is 17.7 Å². The van der Waals surface area contributed by atoms with Crippen LogP contribution >= 0.6 is 16.1 Å². The molecule has 33 heavy (non-hydrogen) atoms. The Bertz CT molecular complexity index is 1190. The summed E-state index contributed by atoms with van der Waals surface area (Å²) < 4.78 is 8.26. The van der Waals surface area contributed by atoms with Crippen molar-refractivity contribution in [2.45, 2.75) is 72.4 Å². The van der Waals surface area contributed by atoms with Crippen molar-refractivity contribution in [1.82, 2.24) is 9.13 Å². The lowest BCUT2D eigenvalue weighted by Crippen LogP contribution is -2.29. The van der Waals surface area contributed by atoms with Crippen LogP contribution in [0.4, 0.5) is 0 Å². The predicted molar refractivity (Wildman–Crippen MR) is 137 cm³/mol. The molecule has 5 nitrogen and oxygen atoms in total. The van der Waals surface area contributed by atoms with Gasteiger partial charge >= 0.3 is 0 Å². The summed E-state index contributed by atoms with van der Waals surface area (Å²) in [6.07, 6.45) is 1.96. The van der Waals surface area contributed by atoms with Crippen LogP contribution in [-0.4, -0.2) is 20.0 Å². The van der Waals surface area contributed by atoms with Gasteiger partial charge in [0, 0.05) is 28.6 Å². The highest BCUT2D eigenvalue weighted by molar-refractivity contribution is 9.08. The zero-order chi connectivity index (χ0) is 24.6. The molecule has 0 saturated heterocycles. The van der Waals surface area contributed by atoms with Gasteiger partial charge in [-0.3, -0.25) is 4.79 Å². The smallest absolute Gasteiger partial charge is 0.217 e. The van der Waals surface area contributed by atoms with E-state index in [9.17, 15) is 9.90 Å². The maximum absolute atomic E-state index is 13.5. The number of phenolic OH excluding ortho intramolecular Hbond substituents is 1. The summed E-state index contributed by atoms with van der Waals surface area (Å²) in [4.78, 5) is 13.5. The molecular weight excluding hydrogens is 478 g/mol. The first-order chi connectivity index (χ1) is 15.3. The minimum atomic E-state index is -0.292. The summed E-state index contributed by atoms with van der Waals surface area (Å²) in [5.41, 5.74) is 4.44. The molecule has 1 aromatic heterocycles. The van der Waals surface area contributed by atoms with E-state index in [-0.39, 0.29) is 28.9 Å². The molecule has 0 radical (unpaired) electrons. The summed E-state index contributed by atoms with van der Waals surface area (Å²) in [5, 5.41) is 11.0. The van der Waals surface area contributed by atoms with Crippen LogP contribution in [0.2, 0.25) is 0 Å². The average molecular weight is 512 g/mol. The molecule has 0 unspecified atom stereocenters. The van der Waals surface area contributed by atoms with Crippen molar-refractivity contribution in [3.05, 3.63) is 82.2 Å². The molecule has 0 fully saturated rings. The quantitative estimate of drug-likeness (QED) is 0.424. The minimum absolute atomic E-state index is 0.0229. The van der Waals surface area contributed by atoms with E-state index in [1.807, 2.05) is 89.6 Å². The van der Waals surface area contributed by atoms with Crippen molar-refractivity contribution in [1.29, 1.82) is 0 Å². The molecule has 0 bridgehead atoms. The van der Waals surface area contributed by atoms with Gasteiger partial charge in [0.25, 0.3) is 0 Å². The Morgan fingerprint density at radius 3 is 2.03 bits per heavy atom. The second-order valence-corrected chi connectivity index (χ2v) is 11.1. The van der Waals surface area contributed by atoms with Gasteiger partial charge in [-0.25, -0.2) is 0 Å². The van der Waals surface area contributed by atoms with Gasteiger partial charge < -0.3 is 14.2 Å². The maximum atomic E-state index is 13.5. The third-order valence-corrected chi connectivity index (χ3v) is 6.20. The first-order valence-corrected chi connectivity index (χ1v) is 11.9. The van der Waals surface area contributed by atoms with Crippen LogP contribution < -0.4 is 5.62 Å². The fourth-order valence-corrected chi connectivity index (χ4v) is 4.42. The van der Waals surface area contributed by atoms with E-state index >= 15 is 0 Å². The number of hydrogen-bond donors (Lipinski definition) is 1. The largest absolute Gasteiger partial charge is 0.507 e. The van der Waals surface area contributed by atoms with Crippen LogP contribution in [0.3, 0.4) is 0 Å². The van der Waals surface area contributed by atoms with Crippen molar-refractivity contribution < 1.29 is 9.90 Å². The van der Waals surface area contributed by atoms with Crippen molar-refractivity contribution in [2.24, 2.45) is 4.02 Å². The molecule has 0 aliphatic carbocycles. The van der Waals surface area contributed by atoms with Crippen LogP contribution in [0.1, 0.15) is 74.3 Å². The molecule has 0 saturated carbocycles. The van der Waals surface area contributed by atoms with Crippen molar-refractivity contribution in [2.75, 3.05) is 0 Å². The lowest BCUT2D eigenvalue weighted by atomic mass is 9.78. The van der Waals surface area contributed by atoms with Crippen molar-refractivity contribution in [3.8, 4) is 5.75 Å². The fourth-order valence-electron chi connectivity index (χ4n) is 4.02. The number of hydrogen-bond acceptors (Lipinski definition) is 3. The number of phenols is 1. The molecule has 0 amide bonds. The summed E-state index contributed by atoms with van der Waals surface area (Å²) in [6, 6.07) is 13.9. The third kappa shape index (κ3) is 5.49. The Balaban J connectivity index is 2.02. The standard InChI is InChI=1S/C27H34BrN3O2/c1-18-15-30(25(29-28)31(18)16-19-11-9-8-10-12-19)17-23(32)20-13-21(26(2,3)4)24(33)22(14-20)27(5,6)7/h8-15,33H,16-17H2,1-7H3. The van der Waals surface area contributed by atoms with E-state index in [4.69, 9.17) is 0 Å². The minimum Gasteiger partial charge on any atom is -0.507 e. The Kier molecular flexibility index (Phi) is 7.08. The number of imidazole rings is 1. The van der Waals surface area contributed by atoms with E-state index in [1.54, 1.807) is 0 Å². The van der Waals surface area contributed by atoms with Crippen molar-refractivity contribution >= 4 is 21.9 Å². The number of carbonyl (C=O) groups is 1. The number of aromatic hydroxyl groups is 1. The molecule has 0 spiro atoms. The van der Waals surface area contributed by atoms with Crippen LogP contribution in [-0.2, 0) is 23.9 Å². The Morgan fingerprint density at radius 2 is 1.55 bits per heavy atom. The highest BCUT2D eigenvalue weighted by atomic mass is 79.9. The second kappa shape index (κ2) is 9.34. The van der Waals surface area contributed by atoms with Gasteiger partial charge in [-0.2, -0.15) is 4.02 Å². The number of benzene rings is 2. The van der Waals surface area contributed by atoms with Crippen LogP contribution in [0.15, 0.2) is 52.7 Å². The highest BCUT2D eigenvalue weighted by Crippen LogP contribution is 2.39. The summed E-state index contributed by atoms with van der Waals surface area (Å²) >= 11 is 3.26. The zero-order valence-corrected chi connectivity index (χ0v) is 22.2. The van der Waals surface area contributed by atoms with E-state index in [1.165, 1.54) is 0 Å². The molecule has 0 aliphatic rings. The van der Waals surface area contributed by atoms with Crippen LogP contribution in [0.5, 0.6) is 5.75 Å². The molecule has 1 heterocycles. The molecule has 2 aromatic carbocycles. The van der Waals surface area contributed by atoms with Crippen LogP contribution in [0, 0.1) is 6.92 Å². The van der Waals surface area contributed by atoms with Gasteiger partial charge in [0.1, 0.15) is 5.75 Å². The van der Waals surface area contributed by atoms with Gasteiger partial charge in [0.15, 0.2) is 5.78 Å². The SMILES string of the molecule is Cc1cn(CC(=O)c2cc(C(C)(C)C)c(O)c(C(C)(C)C)c2)c(=NBr)n1Cc1ccccc1. The Labute approximate surface area is 205 Å². The van der Waals surface area contributed by atoms with Gasteiger partial charge in [-0.15, -0.1) is 0 Å². The molecule has 0 aliphatic heterocycles. The topological polar surface area (TPSA) is 59.5 Å². The number of Topliss-reactive ketones (excluding diaryl/α,β-unsaturated/α-hetero) is 1. The lowest BCUT2D eigenvalue weighted by Gasteiger charge is -2.28. The van der Waals surface area contributed by atoms with Gasteiger partial charge in [0.2, 0.25) is 5.62 Å². The predicted octanol–water partition coefficient (Wildman–Crippen LogP) is 6.04. The number of rotatable bonds is 5. The molecule has 176 valence electrons. The highest BCUT2D eigenvalue weighted by Gasteiger charge is 2.28. The summed E-state index contributed by atoms with van der Waals surface area (Å²) in [6.45, 7) is 15.1. The number of halogens is 1. The number of nitrogens with zero attached hydrogens (tertiary/aromatic N) is 3. The second-order valence-electron chi connectivity index (χ2n) is 10.7. The van der Waals surface area contributed by atoms with Gasteiger partial charge in [0.05, 0.1) is 29.2 Å².